The number of hydrogen-bond acceptors (Lipinski definition) is 8. The van der Waals surface area contributed by atoms with Gasteiger partial charge in [0.15, 0.2) is 11.9 Å². The number of aromatic nitrogens is 1. The third-order valence-electron chi connectivity index (χ3n) is 9.63. The van der Waals surface area contributed by atoms with E-state index in [1.54, 1.807) is 6.20 Å². The fourth-order valence-corrected chi connectivity index (χ4v) is 7.40. The molecule has 4 aliphatic heterocycles. The molecule has 0 radical (unpaired) electrons. The number of rotatable bonds is 8. The van der Waals surface area contributed by atoms with Crippen LogP contribution in [0.3, 0.4) is 0 Å². The summed E-state index contributed by atoms with van der Waals surface area (Å²) >= 11 is 0. The molecular weight excluding hydrogens is 532 g/mol. The molecule has 5 heterocycles. The molecule has 4 saturated heterocycles. The van der Waals surface area contributed by atoms with E-state index in [1.165, 1.54) is 0 Å². The van der Waals surface area contributed by atoms with Crippen molar-refractivity contribution in [2.45, 2.75) is 95.7 Å². The van der Waals surface area contributed by atoms with Crippen LogP contribution in [0.5, 0.6) is 0 Å². The average Bonchev–Trinajstić information content (AvgIpc) is 3.21. The van der Waals surface area contributed by atoms with Crippen molar-refractivity contribution in [2.24, 2.45) is 23.7 Å². The molecule has 3 N–H and O–H groups in total. The van der Waals surface area contributed by atoms with Crippen molar-refractivity contribution in [3.63, 3.8) is 0 Å². The molecule has 1 aliphatic carbocycles. The molecule has 1 saturated carbocycles. The number of ether oxygens (including phenoxy) is 3. The number of carboxylic acids is 1. The third-order valence-corrected chi connectivity index (χ3v) is 9.63. The van der Waals surface area contributed by atoms with Crippen LogP contribution in [-0.2, 0) is 44.8 Å². The fraction of sp³-hybridized carbons (Fsp3) is 0.633. The molecule has 0 unspecified atom stereocenters. The summed E-state index contributed by atoms with van der Waals surface area (Å²) in [6.07, 6.45) is 3.31. The van der Waals surface area contributed by atoms with Crippen molar-refractivity contribution in [2.75, 3.05) is 0 Å². The molecule has 222 valence electrons. The zero-order chi connectivity index (χ0) is 28.9. The van der Waals surface area contributed by atoms with Crippen LogP contribution < -0.4 is 5.32 Å². The Kier molecular flexibility index (Phi) is 7.34. The number of amides is 1. The number of esters is 1. The number of hydrogen-bond donors (Lipinski definition) is 3. The minimum atomic E-state index is -1.15. The quantitative estimate of drug-likeness (QED) is 0.319. The minimum Gasteiger partial charge on any atom is -0.480 e. The van der Waals surface area contributed by atoms with E-state index in [2.05, 4.69) is 17.2 Å². The average molecular weight is 571 g/mol. The van der Waals surface area contributed by atoms with Crippen molar-refractivity contribution in [3.8, 4) is 0 Å². The van der Waals surface area contributed by atoms with E-state index in [9.17, 15) is 19.5 Å². The van der Waals surface area contributed by atoms with E-state index in [0.717, 1.165) is 35.7 Å². The number of H-pyrrole nitrogens is 1. The lowest BCUT2D eigenvalue weighted by Crippen LogP contribution is -2.70. The molecule has 7 rings (SSSR count). The number of nitrogens with one attached hydrogen (secondary N) is 2. The van der Waals surface area contributed by atoms with E-state index >= 15 is 0 Å². The SMILES string of the molecule is C[C@H]1[C@H](OC(=O)CCC(=O)N[C@@H](Cc2c[nH]c3ccccc23)C(=O)O)O[C@@H]2O[C@@]3(C)CC[C@H]4[C@H](C)CC[C@@H]1[C@@]24OO3. The number of para-hydroxylation sites is 1. The Labute approximate surface area is 238 Å². The predicted octanol–water partition coefficient (Wildman–Crippen LogP) is 3.81. The number of fused-ring (bicyclic) bond motifs is 3. The maximum Gasteiger partial charge on any atom is 0.326 e. The third kappa shape index (κ3) is 5.03. The van der Waals surface area contributed by atoms with Gasteiger partial charge in [0.1, 0.15) is 6.04 Å². The Bertz CT molecular complexity index is 1330. The maximum absolute atomic E-state index is 12.9. The van der Waals surface area contributed by atoms with Crippen LogP contribution in [0.25, 0.3) is 10.9 Å². The highest BCUT2D eigenvalue weighted by atomic mass is 17.3. The first-order valence-electron chi connectivity index (χ1n) is 14.6. The fourth-order valence-electron chi connectivity index (χ4n) is 7.40. The maximum atomic E-state index is 12.9. The molecule has 1 aromatic heterocycles. The molecule has 11 nitrogen and oxygen atoms in total. The summed E-state index contributed by atoms with van der Waals surface area (Å²) in [5.41, 5.74) is 0.914. The van der Waals surface area contributed by atoms with Crippen LogP contribution in [0.2, 0.25) is 0 Å². The number of aliphatic carboxylic acids is 1. The molecule has 5 fully saturated rings. The van der Waals surface area contributed by atoms with Gasteiger partial charge in [0.2, 0.25) is 18.0 Å². The summed E-state index contributed by atoms with van der Waals surface area (Å²) in [6.45, 7) is 6.05. The standard InChI is InChI=1S/C30H38N2O9/c1-16-8-9-21-17(2)27(38-28-30(21)20(16)12-13-29(3,39-28)40-41-30)37-25(34)11-10-24(33)32-23(26(35)36)14-18-15-31-22-7-5-4-6-19(18)22/h4-7,15-17,20-21,23,27-28,31H,8-14H2,1-3H3,(H,32,33)(H,35,36)/t16-,17-,20+,21+,23+,27-,28-,29-,30-/m1/s1. The van der Waals surface area contributed by atoms with Crippen LogP contribution in [0.4, 0.5) is 0 Å². The van der Waals surface area contributed by atoms with Gasteiger partial charge >= 0.3 is 11.9 Å². The topological polar surface area (TPSA) is 145 Å². The van der Waals surface area contributed by atoms with Gasteiger partial charge in [-0.3, -0.25) is 9.59 Å². The van der Waals surface area contributed by atoms with Gasteiger partial charge in [0.05, 0.1) is 6.42 Å². The summed E-state index contributed by atoms with van der Waals surface area (Å²) < 4.78 is 18.3. The van der Waals surface area contributed by atoms with Crippen molar-refractivity contribution in [3.05, 3.63) is 36.0 Å². The molecule has 2 aromatic rings. The second-order valence-corrected chi connectivity index (χ2v) is 12.3. The zero-order valence-electron chi connectivity index (χ0n) is 23.6. The largest absolute Gasteiger partial charge is 0.480 e. The van der Waals surface area contributed by atoms with Crippen molar-refractivity contribution >= 4 is 28.7 Å². The van der Waals surface area contributed by atoms with Crippen LogP contribution in [0.1, 0.15) is 64.9 Å². The normalized spacial score (nSPS) is 36.7. The predicted molar refractivity (Wildman–Crippen MR) is 144 cm³/mol. The molecule has 5 aliphatic rings. The number of carbonyl (C=O) groups is 3. The summed E-state index contributed by atoms with van der Waals surface area (Å²) in [5.74, 6) is -2.78. The number of aromatic amines is 1. The Morgan fingerprint density at radius 2 is 1.93 bits per heavy atom. The van der Waals surface area contributed by atoms with Crippen LogP contribution >= 0.6 is 0 Å². The highest BCUT2D eigenvalue weighted by Crippen LogP contribution is 2.60. The smallest absolute Gasteiger partial charge is 0.326 e. The lowest BCUT2D eigenvalue weighted by Gasteiger charge is -2.59. The lowest BCUT2D eigenvalue weighted by molar-refractivity contribution is -0.576. The summed E-state index contributed by atoms with van der Waals surface area (Å²) in [4.78, 5) is 52.5. The Morgan fingerprint density at radius 3 is 2.73 bits per heavy atom. The molecule has 9 atom stereocenters. The molecule has 11 heteroatoms. The van der Waals surface area contributed by atoms with Gasteiger partial charge in [-0.15, -0.1) is 0 Å². The van der Waals surface area contributed by atoms with Gasteiger partial charge < -0.3 is 29.6 Å². The van der Waals surface area contributed by atoms with Gasteiger partial charge in [-0.25, -0.2) is 14.6 Å². The van der Waals surface area contributed by atoms with Crippen molar-refractivity contribution in [1.82, 2.24) is 10.3 Å². The van der Waals surface area contributed by atoms with E-state index in [0.29, 0.717) is 12.3 Å². The molecule has 1 spiro atoms. The van der Waals surface area contributed by atoms with Gasteiger partial charge in [-0.05, 0) is 49.7 Å². The first-order chi connectivity index (χ1) is 19.6. The van der Waals surface area contributed by atoms with Gasteiger partial charge in [-0.1, -0.05) is 32.0 Å². The van der Waals surface area contributed by atoms with Gasteiger partial charge in [0, 0.05) is 48.2 Å². The second-order valence-electron chi connectivity index (χ2n) is 12.3. The Morgan fingerprint density at radius 1 is 1.12 bits per heavy atom. The molecule has 41 heavy (non-hydrogen) atoms. The Hall–Kier alpha value is -2.99. The van der Waals surface area contributed by atoms with Crippen molar-refractivity contribution < 1.29 is 43.5 Å². The van der Waals surface area contributed by atoms with E-state index in [4.69, 9.17) is 24.0 Å². The Balaban J connectivity index is 1.06. The molecule has 1 aromatic carbocycles. The monoisotopic (exact) mass is 570 g/mol. The number of carbonyl (C=O) groups excluding carboxylic acids is 2. The van der Waals surface area contributed by atoms with E-state index in [-0.39, 0.29) is 37.0 Å². The molecular formula is C30H38N2O9. The summed E-state index contributed by atoms with van der Waals surface area (Å²) in [6, 6.07) is 6.42. The lowest BCUT2D eigenvalue weighted by atomic mass is 9.58. The molecule has 1 amide bonds. The van der Waals surface area contributed by atoms with Crippen LogP contribution in [-0.4, -0.2) is 57.9 Å². The van der Waals surface area contributed by atoms with E-state index in [1.807, 2.05) is 38.1 Å². The highest BCUT2D eigenvalue weighted by molar-refractivity contribution is 5.87. The summed E-state index contributed by atoms with van der Waals surface area (Å²) in [5, 5.41) is 13.2. The van der Waals surface area contributed by atoms with Gasteiger partial charge in [-0.2, -0.15) is 0 Å². The first-order valence-corrected chi connectivity index (χ1v) is 14.6. The van der Waals surface area contributed by atoms with Crippen molar-refractivity contribution in [1.29, 1.82) is 0 Å². The zero-order valence-corrected chi connectivity index (χ0v) is 23.6. The highest BCUT2D eigenvalue weighted by Gasteiger charge is 2.69. The number of benzene rings is 1. The van der Waals surface area contributed by atoms with E-state index < -0.39 is 47.9 Å². The molecule has 2 bridgehead atoms. The van der Waals surface area contributed by atoms with Crippen LogP contribution in [0, 0.1) is 23.7 Å². The summed E-state index contributed by atoms with van der Waals surface area (Å²) in [7, 11) is 0. The second kappa shape index (κ2) is 10.7. The van der Waals surface area contributed by atoms with Gasteiger partial charge in [0.25, 0.3) is 0 Å². The first kappa shape index (κ1) is 28.1. The minimum absolute atomic E-state index is 0.00651. The van der Waals surface area contributed by atoms with Crippen LogP contribution in [0.15, 0.2) is 30.5 Å². The number of carboxylic acid groups (broad SMARTS) is 1.